The van der Waals surface area contributed by atoms with Gasteiger partial charge in [0.25, 0.3) is 0 Å². The summed E-state index contributed by atoms with van der Waals surface area (Å²) in [6.07, 6.45) is 4.47. The van der Waals surface area contributed by atoms with Crippen LogP contribution in [0, 0.1) is 11.8 Å². The van der Waals surface area contributed by atoms with Crippen molar-refractivity contribution in [3.8, 4) is 0 Å². The number of rotatable bonds is 4. The Morgan fingerprint density at radius 2 is 1.65 bits per heavy atom. The fourth-order valence-corrected chi connectivity index (χ4v) is 2.53. The fourth-order valence-electron chi connectivity index (χ4n) is 2.53. The molecule has 1 saturated carbocycles. The van der Waals surface area contributed by atoms with Crippen molar-refractivity contribution in [3.63, 3.8) is 0 Å². The molecule has 0 aromatic rings. The SMILES string of the molecule is CCC.CCC(F)C(=O)OC(C)(C)C1CCC(C)CC1. The first-order chi connectivity index (χ1) is 9.28. The van der Waals surface area contributed by atoms with Crippen LogP contribution >= 0.6 is 0 Å². The lowest BCUT2D eigenvalue weighted by atomic mass is 9.75. The number of halogens is 1. The summed E-state index contributed by atoms with van der Waals surface area (Å²) < 4.78 is 18.6. The Morgan fingerprint density at radius 1 is 1.20 bits per heavy atom. The molecule has 0 bridgehead atoms. The van der Waals surface area contributed by atoms with E-state index in [4.69, 9.17) is 4.74 Å². The second kappa shape index (κ2) is 9.36. The molecule has 120 valence electrons. The third kappa shape index (κ3) is 6.71. The zero-order chi connectivity index (χ0) is 15.8. The van der Waals surface area contributed by atoms with Crippen LogP contribution in [0.5, 0.6) is 0 Å². The second-order valence-electron chi connectivity index (χ2n) is 6.56. The molecule has 0 radical (unpaired) electrons. The lowest BCUT2D eigenvalue weighted by Gasteiger charge is -2.38. The molecule has 0 aliphatic heterocycles. The molecule has 1 aliphatic carbocycles. The molecule has 0 saturated heterocycles. The van der Waals surface area contributed by atoms with Crippen LogP contribution in [-0.2, 0) is 9.53 Å². The van der Waals surface area contributed by atoms with E-state index in [9.17, 15) is 9.18 Å². The van der Waals surface area contributed by atoms with E-state index in [1.54, 1.807) is 6.92 Å². The van der Waals surface area contributed by atoms with Gasteiger partial charge < -0.3 is 4.74 Å². The maximum absolute atomic E-state index is 13.2. The minimum Gasteiger partial charge on any atom is -0.457 e. The molecule has 0 heterocycles. The van der Waals surface area contributed by atoms with E-state index in [0.29, 0.717) is 5.92 Å². The highest BCUT2D eigenvalue weighted by Gasteiger charge is 2.36. The molecule has 0 spiro atoms. The summed E-state index contributed by atoms with van der Waals surface area (Å²) in [5.41, 5.74) is -0.531. The lowest BCUT2D eigenvalue weighted by Crippen LogP contribution is -2.40. The van der Waals surface area contributed by atoms with Gasteiger partial charge in [-0.25, -0.2) is 9.18 Å². The molecule has 0 aromatic carbocycles. The zero-order valence-electron chi connectivity index (χ0n) is 14.2. The van der Waals surface area contributed by atoms with E-state index in [1.807, 2.05) is 13.8 Å². The molecule has 0 amide bonds. The van der Waals surface area contributed by atoms with Gasteiger partial charge in [0.2, 0.25) is 0 Å². The summed E-state index contributed by atoms with van der Waals surface area (Å²) in [6.45, 7) is 12.0. The molecule has 2 nitrogen and oxygen atoms in total. The number of carbonyl (C=O) groups is 1. The van der Waals surface area contributed by atoms with Crippen molar-refractivity contribution >= 4 is 5.97 Å². The first-order valence-corrected chi connectivity index (χ1v) is 8.15. The molecule has 1 rings (SSSR count). The number of alkyl halides is 1. The van der Waals surface area contributed by atoms with E-state index in [1.165, 1.54) is 19.3 Å². The normalized spacial score (nSPS) is 24.4. The van der Waals surface area contributed by atoms with Gasteiger partial charge in [0, 0.05) is 0 Å². The standard InChI is InChI=1S/C14H25FO2.C3H8/c1-5-12(15)13(16)17-14(3,4)11-8-6-10(2)7-9-11;1-3-2/h10-12H,5-9H2,1-4H3;3H2,1-2H3. The second-order valence-corrected chi connectivity index (χ2v) is 6.56. The van der Waals surface area contributed by atoms with Gasteiger partial charge in [0.15, 0.2) is 6.17 Å². The third-order valence-electron chi connectivity index (χ3n) is 3.98. The van der Waals surface area contributed by atoms with Crippen molar-refractivity contribution < 1.29 is 13.9 Å². The van der Waals surface area contributed by atoms with Gasteiger partial charge in [-0.3, -0.25) is 0 Å². The van der Waals surface area contributed by atoms with E-state index in [-0.39, 0.29) is 6.42 Å². The lowest BCUT2D eigenvalue weighted by molar-refractivity contribution is -0.169. The number of esters is 1. The van der Waals surface area contributed by atoms with Crippen LogP contribution in [0.1, 0.15) is 80.1 Å². The summed E-state index contributed by atoms with van der Waals surface area (Å²) in [7, 11) is 0. The van der Waals surface area contributed by atoms with Crippen molar-refractivity contribution in [1.29, 1.82) is 0 Å². The predicted molar refractivity (Wildman–Crippen MR) is 82.4 cm³/mol. The van der Waals surface area contributed by atoms with Crippen LogP contribution in [0.2, 0.25) is 0 Å². The number of ether oxygens (including phenoxy) is 1. The first kappa shape index (κ1) is 19.4. The molecule has 20 heavy (non-hydrogen) atoms. The summed E-state index contributed by atoms with van der Waals surface area (Å²) in [6, 6.07) is 0. The highest BCUT2D eigenvalue weighted by molar-refractivity contribution is 5.74. The fraction of sp³-hybridized carbons (Fsp3) is 0.941. The molecule has 1 unspecified atom stereocenters. The minimum atomic E-state index is -1.48. The maximum Gasteiger partial charge on any atom is 0.341 e. The highest BCUT2D eigenvalue weighted by Crippen LogP contribution is 2.37. The number of hydrogen-bond donors (Lipinski definition) is 0. The van der Waals surface area contributed by atoms with Gasteiger partial charge in [0.05, 0.1) is 0 Å². The Bertz CT molecular complexity index is 268. The van der Waals surface area contributed by atoms with E-state index < -0.39 is 17.7 Å². The van der Waals surface area contributed by atoms with Gasteiger partial charge in [-0.1, -0.05) is 47.0 Å². The van der Waals surface area contributed by atoms with Crippen molar-refractivity contribution in [3.05, 3.63) is 0 Å². The van der Waals surface area contributed by atoms with E-state index in [2.05, 4.69) is 20.8 Å². The van der Waals surface area contributed by atoms with Crippen LogP contribution in [0.4, 0.5) is 4.39 Å². The summed E-state index contributed by atoms with van der Waals surface area (Å²) in [5, 5.41) is 0. The van der Waals surface area contributed by atoms with Crippen molar-refractivity contribution in [2.75, 3.05) is 0 Å². The Kier molecular flexibility index (Phi) is 9.08. The number of carbonyl (C=O) groups excluding carboxylic acids is 1. The molecule has 1 fully saturated rings. The van der Waals surface area contributed by atoms with E-state index >= 15 is 0 Å². The third-order valence-corrected chi connectivity index (χ3v) is 3.98. The van der Waals surface area contributed by atoms with Crippen LogP contribution < -0.4 is 0 Å². The van der Waals surface area contributed by atoms with Crippen molar-refractivity contribution in [1.82, 2.24) is 0 Å². The first-order valence-electron chi connectivity index (χ1n) is 8.15. The maximum atomic E-state index is 13.2. The summed E-state index contributed by atoms with van der Waals surface area (Å²) in [4.78, 5) is 11.5. The van der Waals surface area contributed by atoms with Crippen LogP contribution in [-0.4, -0.2) is 17.7 Å². The summed E-state index contributed by atoms with van der Waals surface area (Å²) >= 11 is 0. The minimum absolute atomic E-state index is 0.191. The molecule has 0 aromatic heterocycles. The van der Waals surface area contributed by atoms with E-state index in [0.717, 1.165) is 18.8 Å². The van der Waals surface area contributed by atoms with Gasteiger partial charge in [-0.2, -0.15) is 0 Å². The van der Waals surface area contributed by atoms with Gasteiger partial charge in [-0.15, -0.1) is 0 Å². The molecule has 3 heteroatoms. The Balaban J connectivity index is 0.00000110. The van der Waals surface area contributed by atoms with Crippen LogP contribution in [0.3, 0.4) is 0 Å². The van der Waals surface area contributed by atoms with Crippen LogP contribution in [0.25, 0.3) is 0 Å². The smallest absolute Gasteiger partial charge is 0.341 e. The Morgan fingerprint density at radius 3 is 2.05 bits per heavy atom. The molecule has 1 atom stereocenters. The molecule has 0 N–H and O–H groups in total. The average Bonchev–Trinajstić information content (AvgIpc) is 2.38. The number of hydrogen-bond acceptors (Lipinski definition) is 2. The Labute approximate surface area is 124 Å². The zero-order valence-corrected chi connectivity index (χ0v) is 14.2. The predicted octanol–water partition coefficient (Wildman–Crippen LogP) is 5.30. The van der Waals surface area contributed by atoms with Gasteiger partial charge in [-0.05, 0) is 44.9 Å². The average molecular weight is 288 g/mol. The molecular formula is C17H33FO2. The highest BCUT2D eigenvalue weighted by atomic mass is 19.1. The van der Waals surface area contributed by atoms with Crippen LogP contribution in [0.15, 0.2) is 0 Å². The summed E-state index contributed by atoms with van der Waals surface area (Å²) in [5.74, 6) is 0.435. The molecule has 1 aliphatic rings. The monoisotopic (exact) mass is 288 g/mol. The molecular weight excluding hydrogens is 255 g/mol. The Hall–Kier alpha value is -0.600. The van der Waals surface area contributed by atoms with Gasteiger partial charge >= 0.3 is 5.97 Å². The largest absolute Gasteiger partial charge is 0.457 e. The topological polar surface area (TPSA) is 26.3 Å². The van der Waals surface area contributed by atoms with Crippen molar-refractivity contribution in [2.24, 2.45) is 11.8 Å². The van der Waals surface area contributed by atoms with Crippen molar-refractivity contribution in [2.45, 2.75) is 91.8 Å². The van der Waals surface area contributed by atoms with Gasteiger partial charge in [0.1, 0.15) is 5.60 Å². The quantitative estimate of drug-likeness (QED) is 0.656.